The van der Waals surface area contributed by atoms with Crippen LogP contribution in [0.5, 0.6) is 0 Å². The van der Waals surface area contributed by atoms with E-state index in [1.54, 1.807) is 6.08 Å². The number of unbranched alkanes of at least 4 members (excludes halogenated alkanes) is 4. The van der Waals surface area contributed by atoms with E-state index < -0.39 is 17.6 Å². The van der Waals surface area contributed by atoms with E-state index in [9.17, 15) is 9.59 Å². The number of carbonyl (C=O) groups is 2. The number of hydrogen-bond acceptors (Lipinski definition) is 3. The first-order valence-corrected chi connectivity index (χ1v) is 39.1. The molecule has 0 amide bonds. The van der Waals surface area contributed by atoms with Crippen LogP contribution in [0.2, 0.25) is 0 Å². The molecule has 0 aromatic carbocycles. The second-order valence-electron chi connectivity index (χ2n) is 7.73. The van der Waals surface area contributed by atoms with Crippen molar-refractivity contribution in [2.75, 3.05) is 4.93 Å². The van der Waals surface area contributed by atoms with Gasteiger partial charge in [-0.2, -0.15) is 0 Å². The molecule has 0 rings (SSSR count). The van der Waals surface area contributed by atoms with E-state index in [1.807, 2.05) is 40.7 Å². The number of rotatable bonds is 8. The quantitative estimate of drug-likeness (QED) is 0.0500. The molecule has 2 radical (unpaired) electrons. The van der Waals surface area contributed by atoms with E-state index in [1.165, 1.54) is 17.7 Å². The Hall–Kier alpha value is 2.60. The van der Waals surface area contributed by atoms with Gasteiger partial charge in [0.2, 0.25) is 0 Å². The Morgan fingerprint density at radius 3 is 1.50 bits per heavy atom. The van der Waals surface area contributed by atoms with E-state index in [2.05, 4.69) is 99.8 Å². The Balaban J connectivity index is -0.000000115. The number of halogens is 6. The molecule has 0 bridgehead atoms. The summed E-state index contributed by atoms with van der Waals surface area (Å²) in [5.74, 6) is -1.10. The summed E-state index contributed by atoms with van der Waals surface area (Å²) < 4.78 is 5.09. The fraction of sp³-hybridized carbons (Fsp3) is 0.652. The summed E-state index contributed by atoms with van der Waals surface area (Å²) in [7, 11) is 0. The Morgan fingerprint density at radius 1 is 0.971 bits per heavy atom. The van der Waals surface area contributed by atoms with Crippen molar-refractivity contribution in [3.63, 3.8) is 0 Å². The monoisotopic (exact) mass is 1160 g/mol. The third-order valence-corrected chi connectivity index (χ3v) is 2.37. The van der Waals surface area contributed by atoms with Gasteiger partial charge < -0.3 is 9.84 Å². The summed E-state index contributed by atoms with van der Waals surface area (Å²) in [6, 6.07) is 0. The molecule has 0 aliphatic rings. The van der Waals surface area contributed by atoms with Crippen LogP contribution >= 0.6 is 98.0 Å². The Kier molecular flexibility index (Phi) is 48.6. The Bertz CT molecular complexity index is 519. The summed E-state index contributed by atoms with van der Waals surface area (Å²) in [6.45, 7) is 17.3. The number of ether oxygens (including phenoxy) is 1. The van der Waals surface area contributed by atoms with Gasteiger partial charge in [0.05, 0.1) is 0 Å². The van der Waals surface area contributed by atoms with Crippen LogP contribution in [0.3, 0.4) is 0 Å². The molecule has 0 atom stereocenters. The predicted molar refractivity (Wildman–Crippen MR) is 207 cm³/mol. The molecule has 0 aliphatic heterocycles. The summed E-state index contributed by atoms with van der Waals surface area (Å²) in [4.78, 5) is 23.3. The molecule has 34 heavy (non-hydrogen) atoms. The maximum absolute atomic E-state index is 11.1. The van der Waals surface area contributed by atoms with Crippen molar-refractivity contribution < 1.29 is 19.4 Å². The maximum atomic E-state index is 11.1. The molecule has 0 aromatic rings. The Labute approximate surface area is 264 Å². The zero-order valence-corrected chi connectivity index (χ0v) is 34.7. The summed E-state index contributed by atoms with van der Waals surface area (Å²) in [5, 5.41) is 8.13. The van der Waals surface area contributed by atoms with Gasteiger partial charge in [-0.15, -0.1) is 6.58 Å². The van der Waals surface area contributed by atoms with Gasteiger partial charge >= 0.3 is 121 Å². The van der Waals surface area contributed by atoms with Crippen LogP contribution in [0.25, 0.3) is 0 Å². The normalized spacial score (nSPS) is 10.7. The number of esters is 1. The molecule has 204 valence electrons. The summed E-state index contributed by atoms with van der Waals surface area (Å²) >= 11 is 8.36. The van der Waals surface area contributed by atoms with Gasteiger partial charge in [0.1, 0.15) is 5.60 Å². The van der Waals surface area contributed by atoms with E-state index in [0.717, 1.165) is 38.5 Å². The number of allylic oxidation sites excluding steroid dienone is 3. The van der Waals surface area contributed by atoms with E-state index in [4.69, 9.17) is 15.5 Å². The average molecular weight is 1160 g/mol. The standard InChI is InChI=1S/C11H20O2.C7H12O2.C4H8.CH3I3.BI3/c1-5-6-7-8-9-10(12)13-11(2,3)4;1-2-3-4-5-6-7(8)9;3*1-4(2)3/h8-9H,5-7H2,1-4H3;5-6H,2-4H2,1H3,(H,8,9);1H2,2-3H3;1H3;/b9-8+;6-5+;;;. The minimum absolute atomic E-state index is 0.247. The van der Waals surface area contributed by atoms with Crippen molar-refractivity contribution in [2.24, 2.45) is 0 Å². The molecule has 0 aromatic heterocycles. The predicted octanol–water partition coefficient (Wildman–Crippen LogP) is 11.6. The van der Waals surface area contributed by atoms with Crippen molar-refractivity contribution in [1.82, 2.24) is 0 Å². The van der Waals surface area contributed by atoms with Gasteiger partial charge in [-0.3, -0.25) is 0 Å². The molecule has 0 heterocycles. The number of carboxylic acid groups (broad SMARTS) is 1. The third-order valence-electron chi connectivity index (χ3n) is 2.37. The van der Waals surface area contributed by atoms with Gasteiger partial charge in [0.25, 0.3) is 0 Å². The fourth-order valence-electron chi connectivity index (χ4n) is 1.34. The van der Waals surface area contributed by atoms with Crippen LogP contribution in [0.15, 0.2) is 36.5 Å². The van der Waals surface area contributed by atoms with Gasteiger partial charge in [-0.25, -0.2) is 9.59 Å². The minimum atomic E-state index is -0.855. The molecule has 1 N–H and O–H groups in total. The average Bonchev–Trinajstić information content (AvgIpc) is 2.60. The van der Waals surface area contributed by atoms with Crippen LogP contribution in [-0.2, 0) is 14.3 Å². The van der Waals surface area contributed by atoms with E-state index >= 15 is 0 Å². The van der Waals surface area contributed by atoms with E-state index in [0.29, 0.717) is 0 Å². The van der Waals surface area contributed by atoms with Gasteiger partial charge in [0, 0.05) is 12.2 Å². The fourth-order valence-corrected chi connectivity index (χ4v) is 1.34. The van der Waals surface area contributed by atoms with Crippen molar-refractivity contribution in [3.05, 3.63) is 36.5 Å². The molecular weight excluding hydrogens is 1110 g/mol. The van der Waals surface area contributed by atoms with E-state index in [-0.39, 0.29) is 23.4 Å². The Morgan fingerprint density at radius 2 is 1.26 bits per heavy atom. The topological polar surface area (TPSA) is 63.6 Å². The van der Waals surface area contributed by atoms with Crippen LogP contribution in [0.1, 0.15) is 87.0 Å². The van der Waals surface area contributed by atoms with Crippen molar-refractivity contribution in [3.8, 4) is 0 Å². The first kappa shape index (κ1) is 46.5. The molecule has 0 unspecified atom stereocenters. The van der Waals surface area contributed by atoms with Crippen molar-refractivity contribution in [2.45, 2.75) is 92.6 Å². The van der Waals surface area contributed by atoms with Crippen LogP contribution < -0.4 is 0 Å². The van der Waals surface area contributed by atoms with Gasteiger partial charge in [-0.05, 0) is 47.5 Å². The molecular formula is C23H43BI6O4. The SMILES string of the molecule is C=C(C)C.CCCC/C=C/C(=O)O.CCCC/C=C/C(=O)OC(C)(C)C.CI(I)I.[B]I(I)I. The molecule has 11 heteroatoms. The second kappa shape index (κ2) is 35.6. The number of carbonyl (C=O) groups excluding carboxylic acids is 1. The van der Waals surface area contributed by atoms with Crippen molar-refractivity contribution >= 4 is 116 Å². The molecule has 0 fully saturated rings. The zero-order valence-electron chi connectivity index (χ0n) is 21.8. The number of hydrogen-bond donors (Lipinski definition) is 1. The first-order valence-electron chi connectivity index (χ1n) is 10.5. The third kappa shape index (κ3) is 102. The second-order valence-corrected chi connectivity index (χ2v) is 60.0. The van der Waals surface area contributed by atoms with Crippen LogP contribution in [0.4, 0.5) is 0 Å². The molecule has 0 saturated carbocycles. The molecule has 0 aliphatic carbocycles. The van der Waals surface area contributed by atoms with Crippen LogP contribution in [0, 0.1) is 0 Å². The zero-order chi connectivity index (χ0) is 28.2. The first-order chi connectivity index (χ1) is 15.4. The van der Waals surface area contributed by atoms with Gasteiger partial charge in [0.15, 0.2) is 0 Å². The molecule has 0 spiro atoms. The number of aliphatic carboxylic acids is 1. The van der Waals surface area contributed by atoms with Gasteiger partial charge in [-0.1, -0.05) is 57.3 Å². The van der Waals surface area contributed by atoms with Crippen molar-refractivity contribution in [1.29, 1.82) is 0 Å². The summed E-state index contributed by atoms with van der Waals surface area (Å²) in [6.07, 6.45) is 12.6. The van der Waals surface area contributed by atoms with Crippen LogP contribution in [-0.4, -0.2) is 33.3 Å². The molecule has 0 saturated heterocycles. The number of alkyl halides is 1. The summed E-state index contributed by atoms with van der Waals surface area (Å²) in [5.41, 5.74) is 6.03. The number of carboxylic acids is 1. The molecule has 4 nitrogen and oxygen atoms in total.